The predicted molar refractivity (Wildman–Crippen MR) is 127 cm³/mol. The number of nitrogens with one attached hydrogen (secondary N) is 2. The molecule has 3 aromatic rings. The second kappa shape index (κ2) is 9.69. The van der Waals surface area contributed by atoms with Crippen LogP contribution in [0.25, 0.3) is 5.70 Å². The number of halogens is 5. The highest BCUT2D eigenvalue weighted by Gasteiger charge is 2.59. The second-order valence-electron chi connectivity index (χ2n) is 7.64. The number of benzene rings is 2. The molecule has 35 heavy (non-hydrogen) atoms. The van der Waals surface area contributed by atoms with Gasteiger partial charge in [-0.25, -0.2) is 5.43 Å². The van der Waals surface area contributed by atoms with E-state index in [1.165, 1.54) is 18.5 Å². The van der Waals surface area contributed by atoms with Gasteiger partial charge in [0.25, 0.3) is 5.91 Å². The number of pyridine rings is 1. The lowest BCUT2D eigenvalue weighted by molar-refractivity contribution is -0.269. The molecule has 180 valence electrons. The molecule has 0 saturated carbocycles. The molecule has 6 nitrogen and oxygen atoms in total. The summed E-state index contributed by atoms with van der Waals surface area (Å²) in [6, 6.07) is 13.5. The Hall–Kier alpha value is -3.40. The number of alkyl halides is 3. The summed E-state index contributed by atoms with van der Waals surface area (Å²) in [5.74, 6) is -0.474. The van der Waals surface area contributed by atoms with Gasteiger partial charge in [-0.1, -0.05) is 41.4 Å². The highest BCUT2D eigenvalue weighted by molar-refractivity contribution is 6.34. The highest BCUT2D eigenvalue weighted by Crippen LogP contribution is 2.48. The Morgan fingerprint density at radius 1 is 1.14 bits per heavy atom. The molecule has 2 aromatic carbocycles. The topological polar surface area (TPSA) is 75.6 Å². The van der Waals surface area contributed by atoms with Crippen LogP contribution >= 0.6 is 23.2 Å². The van der Waals surface area contributed by atoms with Crippen LogP contribution in [0, 0.1) is 6.92 Å². The summed E-state index contributed by atoms with van der Waals surface area (Å²) >= 11 is 11.9. The molecule has 1 aromatic heterocycles. The van der Waals surface area contributed by atoms with Crippen molar-refractivity contribution in [3.8, 4) is 0 Å². The minimum absolute atomic E-state index is 0.0520. The van der Waals surface area contributed by atoms with Crippen molar-refractivity contribution in [2.24, 2.45) is 5.10 Å². The molecular weight excluding hydrogens is 504 g/mol. The van der Waals surface area contributed by atoms with Gasteiger partial charge in [0.05, 0.1) is 11.9 Å². The predicted octanol–water partition coefficient (Wildman–Crippen LogP) is 5.79. The van der Waals surface area contributed by atoms with Crippen LogP contribution in [0.1, 0.15) is 32.7 Å². The van der Waals surface area contributed by atoms with E-state index in [2.05, 4.69) is 21.0 Å². The van der Waals surface area contributed by atoms with Gasteiger partial charge in [0.15, 0.2) is 0 Å². The molecule has 2 heterocycles. The van der Waals surface area contributed by atoms with E-state index in [0.29, 0.717) is 16.7 Å². The van der Waals surface area contributed by atoms with Gasteiger partial charge < -0.3 is 0 Å². The van der Waals surface area contributed by atoms with Gasteiger partial charge >= 0.3 is 6.18 Å². The van der Waals surface area contributed by atoms with Crippen LogP contribution in [0.5, 0.6) is 0 Å². The minimum atomic E-state index is -4.80. The van der Waals surface area contributed by atoms with Crippen molar-refractivity contribution in [1.29, 1.82) is 0 Å². The monoisotopic (exact) mass is 520 g/mol. The van der Waals surface area contributed by atoms with Crippen molar-refractivity contribution >= 4 is 41.0 Å². The van der Waals surface area contributed by atoms with E-state index in [4.69, 9.17) is 28.0 Å². The molecule has 4 rings (SSSR count). The van der Waals surface area contributed by atoms with E-state index in [0.717, 1.165) is 18.2 Å². The number of aryl methyl sites for hydroxylation is 1. The highest BCUT2D eigenvalue weighted by atomic mass is 35.5. The average Bonchev–Trinajstić information content (AvgIpc) is 3.27. The van der Waals surface area contributed by atoms with E-state index in [1.807, 2.05) is 0 Å². The summed E-state index contributed by atoms with van der Waals surface area (Å²) in [6.07, 6.45) is -0.930. The van der Waals surface area contributed by atoms with Gasteiger partial charge in [-0.3, -0.25) is 20.1 Å². The van der Waals surface area contributed by atoms with Crippen LogP contribution in [0.4, 0.5) is 13.2 Å². The van der Waals surface area contributed by atoms with E-state index in [1.54, 1.807) is 43.3 Å². The van der Waals surface area contributed by atoms with Crippen LogP contribution in [0.15, 0.2) is 72.0 Å². The molecule has 0 saturated heterocycles. The lowest BCUT2D eigenvalue weighted by atomic mass is 9.91. The quantitative estimate of drug-likeness (QED) is 0.329. The third-order valence-electron chi connectivity index (χ3n) is 5.23. The normalized spacial score (nSPS) is 17.8. The molecular formula is C24H17Cl2F3N4O2. The van der Waals surface area contributed by atoms with Crippen LogP contribution in [-0.4, -0.2) is 23.3 Å². The minimum Gasteiger partial charge on any atom is -0.266 e. The fourth-order valence-corrected chi connectivity index (χ4v) is 3.98. The van der Waals surface area contributed by atoms with E-state index >= 15 is 0 Å². The number of hydrogen-bond donors (Lipinski definition) is 2. The van der Waals surface area contributed by atoms with Crippen LogP contribution < -0.4 is 10.9 Å². The number of aromatic nitrogens is 1. The molecule has 0 bridgehead atoms. The zero-order valence-corrected chi connectivity index (χ0v) is 19.5. The van der Waals surface area contributed by atoms with E-state index < -0.39 is 17.7 Å². The first kappa shape index (κ1) is 24.7. The van der Waals surface area contributed by atoms with Gasteiger partial charge in [0, 0.05) is 21.8 Å². The Labute approximate surface area is 208 Å². The van der Waals surface area contributed by atoms with Gasteiger partial charge in [0.2, 0.25) is 5.60 Å². The van der Waals surface area contributed by atoms with Crippen molar-refractivity contribution in [2.75, 3.05) is 0 Å². The van der Waals surface area contributed by atoms with E-state index in [9.17, 15) is 18.0 Å². The van der Waals surface area contributed by atoms with E-state index in [-0.39, 0.29) is 27.0 Å². The Morgan fingerprint density at radius 2 is 1.89 bits per heavy atom. The summed E-state index contributed by atoms with van der Waals surface area (Å²) in [5.41, 5.74) is 3.88. The number of hydrogen-bond acceptors (Lipinski definition) is 5. The average molecular weight is 521 g/mol. The molecule has 0 radical (unpaired) electrons. The fourth-order valence-electron chi connectivity index (χ4n) is 3.46. The molecule has 1 unspecified atom stereocenters. The number of hydroxylamine groups is 1. The Kier molecular flexibility index (Phi) is 6.84. The molecule has 0 spiro atoms. The zero-order chi connectivity index (χ0) is 25.2. The number of nitrogens with zero attached hydrogens (tertiary/aromatic N) is 2. The maximum atomic E-state index is 14.2. The van der Waals surface area contributed by atoms with Crippen LogP contribution in [-0.2, 0) is 10.4 Å². The van der Waals surface area contributed by atoms with Crippen molar-refractivity contribution in [2.45, 2.75) is 18.7 Å². The van der Waals surface area contributed by atoms with Crippen molar-refractivity contribution in [3.63, 3.8) is 0 Å². The first-order chi connectivity index (χ1) is 16.6. The third kappa shape index (κ3) is 5.17. The van der Waals surface area contributed by atoms with Crippen LogP contribution in [0.3, 0.4) is 0 Å². The first-order valence-corrected chi connectivity index (χ1v) is 10.9. The Balaban J connectivity index is 1.58. The molecule has 0 aliphatic carbocycles. The van der Waals surface area contributed by atoms with Crippen molar-refractivity contribution < 1.29 is 22.8 Å². The van der Waals surface area contributed by atoms with Crippen LogP contribution in [0.2, 0.25) is 10.0 Å². The third-order valence-corrected chi connectivity index (χ3v) is 5.67. The molecule has 1 aliphatic heterocycles. The Bertz CT molecular complexity index is 1310. The van der Waals surface area contributed by atoms with Crippen molar-refractivity contribution in [1.82, 2.24) is 15.9 Å². The summed E-state index contributed by atoms with van der Waals surface area (Å²) in [6.45, 7) is 1.76. The summed E-state index contributed by atoms with van der Waals surface area (Å²) in [5, 5.41) is 4.03. The molecule has 0 fully saturated rings. The standard InChI is InChI=1S/C24H17Cl2F3N4O2/c1-14-8-15(5-6-16(14)13-31-32-22(34)20-4-2-3-7-30-20)21-12-23(35-33-21,24(27,28)29)17-9-18(25)11-19(26)10-17/h2-13,33H,1H3,(H,32,34). The Morgan fingerprint density at radius 3 is 2.51 bits per heavy atom. The van der Waals surface area contributed by atoms with Gasteiger partial charge in [-0.05, 0) is 66.1 Å². The number of hydrazone groups is 1. The lowest BCUT2D eigenvalue weighted by Gasteiger charge is -2.28. The van der Waals surface area contributed by atoms with Crippen molar-refractivity contribution in [3.05, 3.63) is 105 Å². The summed E-state index contributed by atoms with van der Waals surface area (Å²) < 4.78 is 42.5. The largest absolute Gasteiger partial charge is 0.428 e. The maximum Gasteiger partial charge on any atom is 0.428 e. The number of rotatable bonds is 5. The molecule has 1 aliphatic rings. The molecule has 11 heteroatoms. The van der Waals surface area contributed by atoms with Gasteiger partial charge in [0.1, 0.15) is 5.69 Å². The molecule has 2 N–H and O–H groups in total. The number of amides is 1. The summed E-state index contributed by atoms with van der Waals surface area (Å²) in [7, 11) is 0. The summed E-state index contributed by atoms with van der Waals surface area (Å²) in [4.78, 5) is 21.1. The lowest BCUT2D eigenvalue weighted by Crippen LogP contribution is -2.42. The van der Waals surface area contributed by atoms with Gasteiger partial charge in [-0.2, -0.15) is 18.3 Å². The molecule has 1 atom stereocenters. The maximum absolute atomic E-state index is 14.2. The SMILES string of the molecule is Cc1cc(C2=CC(c3cc(Cl)cc(Cl)c3)(C(F)(F)F)ON2)ccc1C=NNC(=O)c1ccccn1. The smallest absolute Gasteiger partial charge is 0.266 e. The molecule has 1 amide bonds. The second-order valence-corrected chi connectivity index (χ2v) is 8.51. The van der Waals surface area contributed by atoms with Gasteiger partial charge in [-0.15, -0.1) is 0 Å². The number of carbonyl (C=O) groups is 1. The zero-order valence-electron chi connectivity index (χ0n) is 18.0. The number of carbonyl (C=O) groups excluding carboxylic acids is 1. The fraction of sp³-hybridized carbons (Fsp3) is 0.125. The first-order valence-electron chi connectivity index (χ1n) is 10.1.